The molecule has 2 heteroatoms. The maximum absolute atomic E-state index is 10.5. The normalized spacial score (nSPS) is 15.1. The van der Waals surface area contributed by atoms with Crippen LogP contribution in [0.4, 0.5) is 0 Å². The highest BCUT2D eigenvalue weighted by atomic mass is 16.3. The van der Waals surface area contributed by atoms with Crippen LogP contribution in [-0.2, 0) is 0 Å². The highest BCUT2D eigenvalue weighted by Gasteiger charge is 2.33. The van der Waals surface area contributed by atoms with Gasteiger partial charge >= 0.3 is 0 Å². The number of hydrogen-bond donors (Lipinski definition) is 2. The monoisotopic (exact) mass is 326 g/mol. The molecule has 0 aromatic heterocycles. The van der Waals surface area contributed by atoms with E-state index in [1.165, 1.54) is 11.1 Å². The number of aliphatic hydroxyl groups is 2. The lowest BCUT2D eigenvalue weighted by atomic mass is 9.72. The van der Waals surface area contributed by atoms with E-state index in [-0.39, 0.29) is 11.8 Å². The fraction of sp³-hybridized carbons (Fsp3) is 0.455. The maximum Gasteiger partial charge on any atom is 0.0597 e. The van der Waals surface area contributed by atoms with Crippen LogP contribution >= 0.6 is 0 Å². The molecule has 2 N–H and O–H groups in total. The van der Waals surface area contributed by atoms with Gasteiger partial charge in [0.05, 0.1) is 11.2 Å². The van der Waals surface area contributed by atoms with Crippen LogP contribution in [-0.4, -0.2) is 21.4 Å². The van der Waals surface area contributed by atoms with E-state index >= 15 is 0 Å². The first-order valence-corrected chi connectivity index (χ1v) is 8.70. The van der Waals surface area contributed by atoms with Crippen molar-refractivity contribution in [2.24, 2.45) is 0 Å². The molecule has 24 heavy (non-hydrogen) atoms. The summed E-state index contributed by atoms with van der Waals surface area (Å²) in [5, 5.41) is 21.0. The molecule has 0 amide bonds. The topological polar surface area (TPSA) is 40.5 Å². The number of rotatable bonds is 7. The molecular formula is C22H30O2. The number of hydrogen-bond acceptors (Lipinski definition) is 2. The molecule has 0 saturated heterocycles. The zero-order valence-electron chi connectivity index (χ0n) is 15.2. The van der Waals surface area contributed by atoms with E-state index in [1.54, 1.807) is 0 Å². The Kier molecular flexibility index (Phi) is 5.84. The molecule has 2 rings (SSSR count). The van der Waals surface area contributed by atoms with Crippen molar-refractivity contribution in [3.63, 3.8) is 0 Å². The van der Waals surface area contributed by atoms with Crippen molar-refractivity contribution in [3.8, 4) is 0 Å². The van der Waals surface area contributed by atoms with Crippen molar-refractivity contribution in [3.05, 3.63) is 71.8 Å². The van der Waals surface area contributed by atoms with Gasteiger partial charge in [-0.25, -0.2) is 0 Å². The predicted octanol–water partition coefficient (Wildman–Crippen LogP) is 4.88. The Morgan fingerprint density at radius 2 is 0.917 bits per heavy atom. The van der Waals surface area contributed by atoms with Crippen LogP contribution in [0.25, 0.3) is 0 Å². The molecule has 2 aromatic rings. The van der Waals surface area contributed by atoms with E-state index in [0.29, 0.717) is 12.8 Å². The van der Waals surface area contributed by atoms with Gasteiger partial charge in [-0.3, -0.25) is 0 Å². The lowest BCUT2D eigenvalue weighted by Crippen LogP contribution is -2.30. The highest BCUT2D eigenvalue weighted by molar-refractivity contribution is 5.29. The van der Waals surface area contributed by atoms with Crippen LogP contribution in [0.2, 0.25) is 0 Å². The van der Waals surface area contributed by atoms with Crippen LogP contribution in [0, 0.1) is 0 Å². The standard InChI is InChI=1S/C22H30O2/c1-21(2,23)15-19(17-11-7-5-8-12-17)20(16-22(3,4)24)18-13-9-6-10-14-18/h5-14,19-20,23-24H,15-16H2,1-4H3/t19-,20+. The molecule has 0 saturated carbocycles. The zero-order chi connectivity index (χ0) is 17.8. The van der Waals surface area contributed by atoms with Crippen LogP contribution in [0.1, 0.15) is 63.5 Å². The summed E-state index contributed by atoms with van der Waals surface area (Å²) in [6.07, 6.45) is 1.29. The second-order valence-corrected chi connectivity index (χ2v) is 8.07. The van der Waals surface area contributed by atoms with Gasteiger partial charge in [0.15, 0.2) is 0 Å². The molecule has 0 spiro atoms. The summed E-state index contributed by atoms with van der Waals surface area (Å²) in [7, 11) is 0. The highest BCUT2D eigenvalue weighted by Crippen LogP contribution is 2.42. The van der Waals surface area contributed by atoms with Gasteiger partial charge in [0.25, 0.3) is 0 Å². The first-order valence-electron chi connectivity index (χ1n) is 8.70. The van der Waals surface area contributed by atoms with Gasteiger partial charge in [-0.05, 0) is 63.5 Å². The Balaban J connectivity index is 2.47. The van der Waals surface area contributed by atoms with Gasteiger partial charge < -0.3 is 10.2 Å². The average Bonchev–Trinajstić information content (AvgIpc) is 2.50. The first kappa shape index (κ1) is 18.7. The fourth-order valence-corrected chi connectivity index (χ4v) is 3.46. The minimum atomic E-state index is -0.771. The third-order valence-corrected chi connectivity index (χ3v) is 4.38. The third-order valence-electron chi connectivity index (χ3n) is 4.38. The van der Waals surface area contributed by atoms with E-state index in [0.717, 1.165) is 0 Å². The minimum Gasteiger partial charge on any atom is -0.390 e. The molecule has 0 aliphatic carbocycles. The zero-order valence-corrected chi connectivity index (χ0v) is 15.2. The van der Waals surface area contributed by atoms with Crippen molar-refractivity contribution in [2.75, 3.05) is 0 Å². The smallest absolute Gasteiger partial charge is 0.0597 e. The maximum atomic E-state index is 10.5. The largest absolute Gasteiger partial charge is 0.390 e. The Labute approximate surface area is 146 Å². The molecule has 2 atom stereocenters. The lowest BCUT2D eigenvalue weighted by molar-refractivity contribution is 0.0388. The summed E-state index contributed by atoms with van der Waals surface area (Å²) in [6, 6.07) is 20.7. The second kappa shape index (κ2) is 7.50. The summed E-state index contributed by atoms with van der Waals surface area (Å²) in [4.78, 5) is 0. The Morgan fingerprint density at radius 1 is 0.625 bits per heavy atom. The van der Waals surface area contributed by atoms with Crippen molar-refractivity contribution in [1.82, 2.24) is 0 Å². The predicted molar refractivity (Wildman–Crippen MR) is 100 cm³/mol. The van der Waals surface area contributed by atoms with E-state index < -0.39 is 11.2 Å². The van der Waals surface area contributed by atoms with E-state index in [1.807, 2.05) is 64.1 Å². The minimum absolute atomic E-state index is 0.139. The molecule has 0 heterocycles. The molecule has 130 valence electrons. The fourth-order valence-electron chi connectivity index (χ4n) is 3.46. The molecule has 0 radical (unpaired) electrons. The van der Waals surface area contributed by atoms with Crippen molar-refractivity contribution in [1.29, 1.82) is 0 Å². The Bertz CT molecular complexity index is 548. The van der Waals surface area contributed by atoms with Crippen LogP contribution < -0.4 is 0 Å². The lowest BCUT2D eigenvalue weighted by Gasteiger charge is -2.35. The van der Waals surface area contributed by atoms with Crippen molar-refractivity contribution in [2.45, 2.75) is 63.6 Å². The molecule has 2 aromatic carbocycles. The summed E-state index contributed by atoms with van der Waals surface area (Å²) < 4.78 is 0. The molecule has 0 bridgehead atoms. The van der Waals surface area contributed by atoms with E-state index in [4.69, 9.17) is 0 Å². The number of benzene rings is 2. The first-order chi connectivity index (χ1) is 11.2. The summed E-state index contributed by atoms with van der Waals surface area (Å²) >= 11 is 0. The van der Waals surface area contributed by atoms with Gasteiger partial charge in [-0.15, -0.1) is 0 Å². The third kappa shape index (κ3) is 5.77. The van der Waals surface area contributed by atoms with Crippen molar-refractivity contribution >= 4 is 0 Å². The SMILES string of the molecule is CC(C)(O)C[C@H](c1ccccc1)[C@@H](CC(C)(C)O)c1ccccc1. The summed E-state index contributed by atoms with van der Waals surface area (Å²) in [6.45, 7) is 7.42. The van der Waals surface area contributed by atoms with Crippen molar-refractivity contribution < 1.29 is 10.2 Å². The van der Waals surface area contributed by atoms with Crippen LogP contribution in [0.3, 0.4) is 0 Å². The molecule has 0 aliphatic rings. The van der Waals surface area contributed by atoms with Crippen LogP contribution in [0.15, 0.2) is 60.7 Å². The van der Waals surface area contributed by atoms with Gasteiger partial charge in [0.1, 0.15) is 0 Å². The Hall–Kier alpha value is -1.64. The average molecular weight is 326 g/mol. The van der Waals surface area contributed by atoms with Gasteiger partial charge in [0.2, 0.25) is 0 Å². The van der Waals surface area contributed by atoms with Gasteiger partial charge in [-0.1, -0.05) is 60.7 Å². The van der Waals surface area contributed by atoms with E-state index in [9.17, 15) is 10.2 Å². The molecule has 0 fully saturated rings. The summed E-state index contributed by atoms with van der Waals surface area (Å²) in [5.41, 5.74) is 0.871. The van der Waals surface area contributed by atoms with Gasteiger partial charge in [0, 0.05) is 0 Å². The Morgan fingerprint density at radius 3 is 1.17 bits per heavy atom. The second-order valence-electron chi connectivity index (χ2n) is 8.07. The quantitative estimate of drug-likeness (QED) is 0.761. The molecule has 2 nitrogen and oxygen atoms in total. The molecule has 0 aliphatic heterocycles. The molecule has 0 unspecified atom stereocenters. The summed E-state index contributed by atoms with van der Waals surface area (Å²) in [5.74, 6) is 0.278. The van der Waals surface area contributed by atoms with E-state index in [2.05, 4.69) is 24.3 Å². The molecular weight excluding hydrogens is 296 g/mol. The van der Waals surface area contributed by atoms with Crippen LogP contribution in [0.5, 0.6) is 0 Å². The van der Waals surface area contributed by atoms with Gasteiger partial charge in [-0.2, -0.15) is 0 Å².